The largest absolute Gasteiger partial charge is 0.462 e. The van der Waals surface area contributed by atoms with E-state index in [4.69, 9.17) is 14.2 Å². The molecular formula is C65H118O6. The minimum absolute atomic E-state index is 0.0781. The Balaban J connectivity index is 4.32. The summed E-state index contributed by atoms with van der Waals surface area (Å²) in [5.74, 6) is -0.881. The van der Waals surface area contributed by atoms with Gasteiger partial charge in [0.2, 0.25) is 0 Å². The average Bonchev–Trinajstić information content (AvgIpc) is 3.37. The van der Waals surface area contributed by atoms with Gasteiger partial charge in [-0.15, -0.1) is 0 Å². The van der Waals surface area contributed by atoms with Crippen molar-refractivity contribution in [3.63, 3.8) is 0 Å². The monoisotopic (exact) mass is 995 g/mol. The van der Waals surface area contributed by atoms with Gasteiger partial charge < -0.3 is 14.2 Å². The van der Waals surface area contributed by atoms with Crippen molar-refractivity contribution in [3.05, 3.63) is 48.6 Å². The molecule has 0 radical (unpaired) electrons. The Kier molecular flexibility index (Phi) is 57.7. The zero-order valence-electron chi connectivity index (χ0n) is 47.5. The number of hydrogen-bond acceptors (Lipinski definition) is 6. The minimum atomic E-state index is -0.781. The first-order valence-corrected chi connectivity index (χ1v) is 31.1. The van der Waals surface area contributed by atoms with Crippen molar-refractivity contribution in [2.75, 3.05) is 13.2 Å². The van der Waals surface area contributed by atoms with Crippen molar-refractivity contribution >= 4 is 17.9 Å². The molecule has 0 rings (SSSR count). The third-order valence-electron chi connectivity index (χ3n) is 13.8. The van der Waals surface area contributed by atoms with E-state index in [0.29, 0.717) is 19.3 Å². The molecule has 0 aliphatic rings. The number of esters is 3. The van der Waals surface area contributed by atoms with Crippen LogP contribution in [0, 0.1) is 0 Å². The second-order valence-corrected chi connectivity index (χ2v) is 21.0. The highest BCUT2D eigenvalue weighted by Crippen LogP contribution is 2.16. The molecule has 1 unspecified atom stereocenters. The average molecular weight is 996 g/mol. The van der Waals surface area contributed by atoms with E-state index in [1.807, 2.05) is 0 Å². The van der Waals surface area contributed by atoms with Crippen LogP contribution in [-0.4, -0.2) is 37.2 Å². The van der Waals surface area contributed by atoms with Crippen LogP contribution in [0.2, 0.25) is 0 Å². The minimum Gasteiger partial charge on any atom is -0.462 e. The Bertz CT molecular complexity index is 1230. The molecule has 0 aromatic carbocycles. The van der Waals surface area contributed by atoms with E-state index in [1.165, 1.54) is 212 Å². The maximum absolute atomic E-state index is 12.9. The molecule has 0 aliphatic carbocycles. The van der Waals surface area contributed by atoms with Crippen LogP contribution < -0.4 is 0 Å². The van der Waals surface area contributed by atoms with Crippen LogP contribution in [0.1, 0.15) is 329 Å². The second kappa shape index (κ2) is 59.9. The summed E-state index contributed by atoms with van der Waals surface area (Å²) in [6, 6.07) is 0. The van der Waals surface area contributed by atoms with E-state index in [1.54, 1.807) is 0 Å². The van der Waals surface area contributed by atoms with Crippen LogP contribution in [0.15, 0.2) is 48.6 Å². The van der Waals surface area contributed by atoms with Crippen LogP contribution in [0.25, 0.3) is 0 Å². The molecule has 6 nitrogen and oxygen atoms in total. The molecule has 0 aromatic rings. The van der Waals surface area contributed by atoms with Gasteiger partial charge in [0.1, 0.15) is 13.2 Å². The van der Waals surface area contributed by atoms with Gasteiger partial charge in [-0.05, 0) is 103 Å². The van der Waals surface area contributed by atoms with E-state index in [-0.39, 0.29) is 31.1 Å². The molecule has 414 valence electrons. The third-order valence-corrected chi connectivity index (χ3v) is 13.8. The Hall–Kier alpha value is -2.63. The highest BCUT2D eigenvalue weighted by Gasteiger charge is 2.19. The van der Waals surface area contributed by atoms with E-state index in [9.17, 15) is 14.4 Å². The van der Waals surface area contributed by atoms with Crippen molar-refractivity contribution in [2.45, 2.75) is 335 Å². The summed E-state index contributed by atoms with van der Waals surface area (Å²) in [5, 5.41) is 0. The van der Waals surface area contributed by atoms with Crippen LogP contribution in [-0.2, 0) is 28.6 Å². The molecule has 0 amide bonds. The summed E-state index contributed by atoms with van der Waals surface area (Å²) in [6.07, 6.45) is 73.9. The van der Waals surface area contributed by atoms with Gasteiger partial charge in [-0.25, -0.2) is 0 Å². The van der Waals surface area contributed by atoms with E-state index in [0.717, 1.165) is 77.0 Å². The summed E-state index contributed by atoms with van der Waals surface area (Å²) >= 11 is 0. The van der Waals surface area contributed by atoms with Gasteiger partial charge in [0, 0.05) is 19.3 Å². The highest BCUT2D eigenvalue weighted by atomic mass is 16.6. The van der Waals surface area contributed by atoms with Crippen LogP contribution >= 0.6 is 0 Å². The van der Waals surface area contributed by atoms with Crippen molar-refractivity contribution in [3.8, 4) is 0 Å². The molecule has 0 saturated heterocycles. The predicted molar refractivity (Wildman–Crippen MR) is 307 cm³/mol. The SMILES string of the molecule is CCCCCCC/C=C\C/C=C\CCCCCCCCCCCCCC(=O)OCC(COC(=O)CCCCCCC/C=C\CCCCCCC)OC(=O)CCCCCCC/C=C\CCCCCCCCC. The molecule has 0 aromatic heterocycles. The Labute approximate surface area is 441 Å². The van der Waals surface area contributed by atoms with Crippen LogP contribution in [0.5, 0.6) is 0 Å². The molecule has 0 saturated carbocycles. The Morgan fingerprint density at radius 1 is 0.282 bits per heavy atom. The van der Waals surface area contributed by atoms with E-state index < -0.39 is 6.10 Å². The van der Waals surface area contributed by atoms with Gasteiger partial charge in [-0.1, -0.05) is 256 Å². The second-order valence-electron chi connectivity index (χ2n) is 21.0. The number of carbonyl (C=O) groups is 3. The smallest absolute Gasteiger partial charge is 0.306 e. The van der Waals surface area contributed by atoms with Gasteiger partial charge in [0.25, 0.3) is 0 Å². The maximum Gasteiger partial charge on any atom is 0.306 e. The zero-order chi connectivity index (χ0) is 51.4. The number of ether oxygens (including phenoxy) is 3. The lowest BCUT2D eigenvalue weighted by Gasteiger charge is -2.18. The number of allylic oxidation sites excluding steroid dienone is 8. The number of carbonyl (C=O) groups excluding carboxylic acids is 3. The molecule has 0 spiro atoms. The Morgan fingerprint density at radius 3 is 0.789 bits per heavy atom. The summed E-state index contributed by atoms with van der Waals surface area (Å²) in [4.78, 5) is 38.2. The predicted octanol–water partition coefficient (Wildman–Crippen LogP) is 21.0. The number of unbranched alkanes of at least 4 members (excludes halogenated alkanes) is 38. The van der Waals surface area contributed by atoms with Gasteiger partial charge in [-0.3, -0.25) is 14.4 Å². The van der Waals surface area contributed by atoms with Crippen molar-refractivity contribution in [2.24, 2.45) is 0 Å². The molecule has 0 N–H and O–H groups in total. The normalized spacial score (nSPS) is 12.3. The van der Waals surface area contributed by atoms with Gasteiger partial charge in [-0.2, -0.15) is 0 Å². The summed E-state index contributed by atoms with van der Waals surface area (Å²) < 4.78 is 16.9. The van der Waals surface area contributed by atoms with Crippen molar-refractivity contribution in [1.29, 1.82) is 0 Å². The summed E-state index contributed by atoms with van der Waals surface area (Å²) in [5.41, 5.74) is 0. The van der Waals surface area contributed by atoms with Crippen LogP contribution in [0.3, 0.4) is 0 Å². The molecule has 0 bridgehead atoms. The first-order chi connectivity index (χ1) is 35.0. The van der Waals surface area contributed by atoms with Crippen LogP contribution in [0.4, 0.5) is 0 Å². The molecule has 0 fully saturated rings. The maximum atomic E-state index is 12.9. The first kappa shape index (κ1) is 68.4. The topological polar surface area (TPSA) is 78.9 Å². The molecular weight excluding hydrogens is 877 g/mol. The van der Waals surface area contributed by atoms with E-state index in [2.05, 4.69) is 69.4 Å². The molecule has 1 atom stereocenters. The quantitative estimate of drug-likeness (QED) is 0.0261. The van der Waals surface area contributed by atoms with Crippen molar-refractivity contribution in [1.82, 2.24) is 0 Å². The standard InChI is InChI=1S/C65H118O6/c1-4-7-10-13-16-19-22-25-28-30-31-32-33-34-35-36-38-40-43-46-49-52-55-58-64(67)70-61-62(60-69-63(66)57-54-51-48-45-42-39-27-24-21-18-15-12-9-6-3)71-65(68)59-56-53-50-47-44-41-37-29-26-23-20-17-14-11-8-5-2/h22,24-25,27,29-31,37,62H,4-21,23,26,28,32-36,38-61H2,1-3H3/b25-22-,27-24-,31-30-,37-29-. The highest BCUT2D eigenvalue weighted by molar-refractivity contribution is 5.71. The van der Waals surface area contributed by atoms with Gasteiger partial charge in [0.15, 0.2) is 6.10 Å². The lowest BCUT2D eigenvalue weighted by molar-refractivity contribution is -0.167. The lowest BCUT2D eigenvalue weighted by atomic mass is 10.0. The molecule has 0 aliphatic heterocycles. The van der Waals surface area contributed by atoms with Crippen molar-refractivity contribution < 1.29 is 28.6 Å². The van der Waals surface area contributed by atoms with E-state index >= 15 is 0 Å². The molecule has 71 heavy (non-hydrogen) atoms. The fraction of sp³-hybridized carbons (Fsp3) is 0.831. The first-order valence-electron chi connectivity index (χ1n) is 31.1. The lowest BCUT2D eigenvalue weighted by Crippen LogP contribution is -2.30. The molecule has 6 heteroatoms. The fourth-order valence-corrected chi connectivity index (χ4v) is 9.05. The zero-order valence-corrected chi connectivity index (χ0v) is 47.5. The third kappa shape index (κ3) is 58.1. The van der Waals surface area contributed by atoms with Gasteiger partial charge >= 0.3 is 17.9 Å². The fourth-order valence-electron chi connectivity index (χ4n) is 9.05. The number of rotatable bonds is 57. The molecule has 0 heterocycles. The Morgan fingerprint density at radius 2 is 0.507 bits per heavy atom. The number of hydrogen-bond donors (Lipinski definition) is 0. The van der Waals surface area contributed by atoms with Gasteiger partial charge in [0.05, 0.1) is 0 Å². The summed E-state index contributed by atoms with van der Waals surface area (Å²) in [7, 11) is 0. The summed E-state index contributed by atoms with van der Waals surface area (Å²) in [6.45, 7) is 6.64.